The number of piperidine rings is 1. The molecule has 2 aliphatic heterocycles. The molecule has 0 saturated carbocycles. The Morgan fingerprint density at radius 1 is 1.26 bits per heavy atom. The van der Waals surface area contributed by atoms with Crippen molar-refractivity contribution in [1.29, 1.82) is 0 Å². The molecule has 3 rings (SSSR count). The van der Waals surface area contributed by atoms with Gasteiger partial charge in [-0.25, -0.2) is 4.79 Å². The van der Waals surface area contributed by atoms with Crippen LogP contribution in [0.2, 0.25) is 0 Å². The van der Waals surface area contributed by atoms with Gasteiger partial charge in [-0.2, -0.15) is 0 Å². The highest BCUT2D eigenvalue weighted by molar-refractivity contribution is 5.75. The molecule has 0 bridgehead atoms. The summed E-state index contributed by atoms with van der Waals surface area (Å²) in [7, 11) is 0. The van der Waals surface area contributed by atoms with E-state index in [9.17, 15) is 4.79 Å². The van der Waals surface area contributed by atoms with Gasteiger partial charge in [0, 0.05) is 31.9 Å². The van der Waals surface area contributed by atoms with E-state index < -0.39 is 0 Å². The van der Waals surface area contributed by atoms with Crippen molar-refractivity contribution in [1.82, 2.24) is 9.80 Å². The van der Waals surface area contributed by atoms with Crippen molar-refractivity contribution in [2.75, 3.05) is 18.8 Å². The summed E-state index contributed by atoms with van der Waals surface area (Å²) in [6, 6.07) is 6.12. The molecule has 102 valence electrons. The van der Waals surface area contributed by atoms with Crippen LogP contribution in [0.15, 0.2) is 18.2 Å². The summed E-state index contributed by atoms with van der Waals surface area (Å²) < 4.78 is 0. The monoisotopic (exact) mass is 259 g/mol. The molecule has 2 amide bonds. The molecular formula is C15H21N3O. The Balaban J connectivity index is 1.70. The van der Waals surface area contributed by atoms with E-state index in [1.807, 2.05) is 28.0 Å². The minimum atomic E-state index is 0.182. The zero-order valence-corrected chi connectivity index (χ0v) is 11.4. The SMILES string of the molecule is CC1CCCN(C(=O)N2Cc3ccc(N)cc3C2)C1. The minimum absolute atomic E-state index is 0.182. The fraction of sp³-hybridized carbons (Fsp3) is 0.533. The van der Waals surface area contributed by atoms with Gasteiger partial charge in [0.15, 0.2) is 0 Å². The highest BCUT2D eigenvalue weighted by atomic mass is 16.2. The van der Waals surface area contributed by atoms with Crippen molar-refractivity contribution >= 4 is 11.7 Å². The Labute approximate surface area is 114 Å². The van der Waals surface area contributed by atoms with Crippen LogP contribution in [-0.4, -0.2) is 28.9 Å². The van der Waals surface area contributed by atoms with Crippen LogP contribution in [0.1, 0.15) is 30.9 Å². The second kappa shape index (κ2) is 4.76. The van der Waals surface area contributed by atoms with E-state index in [1.165, 1.54) is 17.5 Å². The maximum atomic E-state index is 12.5. The molecule has 1 aromatic carbocycles. The third-order valence-electron chi connectivity index (χ3n) is 4.15. The normalized spacial score (nSPS) is 22.5. The quantitative estimate of drug-likeness (QED) is 0.727. The maximum absolute atomic E-state index is 12.5. The number of benzene rings is 1. The van der Waals surface area contributed by atoms with Gasteiger partial charge in [0.25, 0.3) is 0 Å². The predicted octanol–water partition coefficient (Wildman–Crippen LogP) is 2.44. The van der Waals surface area contributed by atoms with Gasteiger partial charge >= 0.3 is 6.03 Å². The van der Waals surface area contributed by atoms with E-state index in [2.05, 4.69) is 6.92 Å². The van der Waals surface area contributed by atoms with Crippen LogP contribution in [0, 0.1) is 5.92 Å². The second-order valence-electron chi connectivity index (χ2n) is 5.86. The number of rotatable bonds is 0. The minimum Gasteiger partial charge on any atom is -0.399 e. The first kappa shape index (κ1) is 12.3. The highest BCUT2D eigenvalue weighted by Gasteiger charge is 2.29. The topological polar surface area (TPSA) is 49.6 Å². The fourth-order valence-corrected chi connectivity index (χ4v) is 3.11. The van der Waals surface area contributed by atoms with Gasteiger partial charge in [-0.15, -0.1) is 0 Å². The molecule has 0 aromatic heterocycles. The first-order valence-electron chi connectivity index (χ1n) is 7.04. The number of carbonyl (C=O) groups excluding carboxylic acids is 1. The fourth-order valence-electron chi connectivity index (χ4n) is 3.11. The highest BCUT2D eigenvalue weighted by Crippen LogP contribution is 2.26. The molecule has 1 saturated heterocycles. The van der Waals surface area contributed by atoms with E-state index in [0.29, 0.717) is 12.5 Å². The molecule has 1 fully saturated rings. The lowest BCUT2D eigenvalue weighted by molar-refractivity contribution is 0.131. The first-order valence-corrected chi connectivity index (χ1v) is 7.04. The summed E-state index contributed by atoms with van der Waals surface area (Å²) in [5.74, 6) is 0.623. The van der Waals surface area contributed by atoms with Crippen LogP contribution in [0.3, 0.4) is 0 Å². The Bertz CT molecular complexity index is 500. The van der Waals surface area contributed by atoms with E-state index in [0.717, 1.165) is 31.7 Å². The third kappa shape index (κ3) is 2.39. The Hall–Kier alpha value is -1.71. The molecule has 0 aliphatic carbocycles. The number of urea groups is 1. The molecule has 0 radical (unpaired) electrons. The molecule has 0 spiro atoms. The molecule has 1 unspecified atom stereocenters. The lowest BCUT2D eigenvalue weighted by atomic mass is 10.0. The zero-order valence-electron chi connectivity index (χ0n) is 11.4. The largest absolute Gasteiger partial charge is 0.399 e. The summed E-state index contributed by atoms with van der Waals surface area (Å²) in [5, 5.41) is 0. The first-order chi connectivity index (χ1) is 9.13. The number of anilines is 1. The summed E-state index contributed by atoms with van der Waals surface area (Å²) in [6.07, 6.45) is 2.36. The van der Waals surface area contributed by atoms with Crippen LogP contribution in [0.25, 0.3) is 0 Å². The van der Waals surface area contributed by atoms with Crippen LogP contribution >= 0.6 is 0 Å². The van der Waals surface area contributed by atoms with Gasteiger partial charge in [0.2, 0.25) is 0 Å². The van der Waals surface area contributed by atoms with Crippen molar-refractivity contribution in [2.24, 2.45) is 5.92 Å². The average molecular weight is 259 g/mol. The van der Waals surface area contributed by atoms with Gasteiger partial charge in [-0.1, -0.05) is 13.0 Å². The van der Waals surface area contributed by atoms with Crippen LogP contribution < -0.4 is 5.73 Å². The van der Waals surface area contributed by atoms with Crippen LogP contribution in [0.5, 0.6) is 0 Å². The number of fused-ring (bicyclic) bond motifs is 1. The number of hydrogen-bond donors (Lipinski definition) is 1. The van der Waals surface area contributed by atoms with Gasteiger partial charge in [-0.05, 0) is 42.0 Å². The van der Waals surface area contributed by atoms with E-state index in [4.69, 9.17) is 5.73 Å². The number of likely N-dealkylation sites (tertiary alicyclic amines) is 1. The molecule has 2 N–H and O–H groups in total. The van der Waals surface area contributed by atoms with E-state index in [-0.39, 0.29) is 6.03 Å². The Morgan fingerprint density at radius 3 is 2.84 bits per heavy atom. The number of hydrogen-bond acceptors (Lipinski definition) is 2. The van der Waals surface area contributed by atoms with Crippen LogP contribution in [0.4, 0.5) is 10.5 Å². The van der Waals surface area contributed by atoms with Gasteiger partial charge in [0.1, 0.15) is 0 Å². The van der Waals surface area contributed by atoms with Gasteiger partial charge in [0.05, 0.1) is 0 Å². The van der Waals surface area contributed by atoms with Crippen LogP contribution in [-0.2, 0) is 13.1 Å². The van der Waals surface area contributed by atoms with Gasteiger partial charge in [-0.3, -0.25) is 0 Å². The Kier molecular flexibility index (Phi) is 3.09. The number of nitrogen functional groups attached to an aromatic ring is 1. The molecule has 1 atom stereocenters. The van der Waals surface area contributed by atoms with Crippen molar-refractivity contribution in [3.05, 3.63) is 29.3 Å². The number of carbonyl (C=O) groups is 1. The summed E-state index contributed by atoms with van der Waals surface area (Å²) in [5.41, 5.74) is 9.00. The van der Waals surface area contributed by atoms with Crippen molar-refractivity contribution in [3.8, 4) is 0 Å². The molecule has 1 aromatic rings. The van der Waals surface area contributed by atoms with Crippen molar-refractivity contribution < 1.29 is 4.79 Å². The van der Waals surface area contributed by atoms with E-state index >= 15 is 0 Å². The predicted molar refractivity (Wildman–Crippen MR) is 75.5 cm³/mol. The third-order valence-corrected chi connectivity index (χ3v) is 4.15. The molecular weight excluding hydrogens is 238 g/mol. The molecule has 2 aliphatic rings. The molecule has 19 heavy (non-hydrogen) atoms. The summed E-state index contributed by atoms with van der Waals surface area (Å²) >= 11 is 0. The van der Waals surface area contributed by atoms with Crippen molar-refractivity contribution in [3.63, 3.8) is 0 Å². The average Bonchev–Trinajstić information content (AvgIpc) is 2.80. The van der Waals surface area contributed by atoms with E-state index in [1.54, 1.807) is 0 Å². The summed E-state index contributed by atoms with van der Waals surface area (Å²) in [6.45, 7) is 5.44. The molecule has 2 heterocycles. The lowest BCUT2D eigenvalue weighted by Gasteiger charge is -2.33. The second-order valence-corrected chi connectivity index (χ2v) is 5.86. The number of nitrogens with zero attached hydrogens (tertiary/aromatic N) is 2. The Morgan fingerprint density at radius 2 is 2.05 bits per heavy atom. The standard InChI is InChI=1S/C15H21N3O/c1-11-3-2-6-17(8-11)15(19)18-9-12-4-5-14(16)7-13(12)10-18/h4-5,7,11H,2-3,6,8-10,16H2,1H3. The smallest absolute Gasteiger partial charge is 0.320 e. The molecule has 4 nitrogen and oxygen atoms in total. The zero-order chi connectivity index (χ0) is 13.4. The molecule has 4 heteroatoms. The lowest BCUT2D eigenvalue weighted by Crippen LogP contribution is -2.45. The maximum Gasteiger partial charge on any atom is 0.320 e. The van der Waals surface area contributed by atoms with Gasteiger partial charge < -0.3 is 15.5 Å². The number of nitrogens with two attached hydrogens (primary N) is 1. The number of amides is 2. The summed E-state index contributed by atoms with van der Waals surface area (Å²) in [4.78, 5) is 16.5. The van der Waals surface area contributed by atoms with Crippen molar-refractivity contribution in [2.45, 2.75) is 32.9 Å².